The number of carbonyl (C=O) groups is 1. The average Bonchev–Trinajstić information content (AvgIpc) is 2.98. The topological polar surface area (TPSA) is 66.9 Å². The Morgan fingerprint density at radius 3 is 2.56 bits per heavy atom. The van der Waals surface area contributed by atoms with E-state index in [2.05, 4.69) is 46.8 Å². The lowest BCUT2D eigenvalue weighted by Gasteiger charge is -2.15. The van der Waals surface area contributed by atoms with Crippen LogP contribution in [-0.4, -0.2) is 27.9 Å². The fourth-order valence-corrected chi connectivity index (χ4v) is 4.43. The van der Waals surface area contributed by atoms with Crippen molar-refractivity contribution in [3.05, 3.63) is 28.8 Å². The van der Waals surface area contributed by atoms with Crippen LogP contribution in [0.2, 0.25) is 0 Å². The molecule has 5 nitrogen and oxygen atoms in total. The number of rotatable bonds is 8. The Kier molecular flexibility index (Phi) is 7.25. The zero-order chi connectivity index (χ0) is 18.4. The number of anilines is 2. The quantitative estimate of drug-likeness (QED) is 0.510. The second kappa shape index (κ2) is 9.20. The third-order valence-corrected chi connectivity index (χ3v) is 5.85. The molecule has 2 aromatic rings. The van der Waals surface area contributed by atoms with Gasteiger partial charge in [0.15, 0.2) is 4.34 Å². The molecule has 0 saturated heterocycles. The number of unbranched alkanes of at least 4 members (excludes halogenated alkanes) is 1. The van der Waals surface area contributed by atoms with Gasteiger partial charge in [-0.1, -0.05) is 54.1 Å². The highest BCUT2D eigenvalue weighted by atomic mass is 32.2. The van der Waals surface area contributed by atoms with Crippen LogP contribution in [0.25, 0.3) is 0 Å². The summed E-state index contributed by atoms with van der Waals surface area (Å²) in [6.07, 6.45) is 2.25. The number of thioether (sulfide) groups is 1. The van der Waals surface area contributed by atoms with Gasteiger partial charge in [-0.25, -0.2) is 0 Å². The summed E-state index contributed by atoms with van der Waals surface area (Å²) in [5.74, 6) is -0.0178. The van der Waals surface area contributed by atoms with Gasteiger partial charge in [-0.15, -0.1) is 10.2 Å². The number of aromatic nitrogens is 2. The van der Waals surface area contributed by atoms with Crippen molar-refractivity contribution < 1.29 is 4.79 Å². The summed E-state index contributed by atoms with van der Waals surface area (Å²) in [6, 6.07) is 4.17. The molecule has 1 amide bonds. The number of benzene rings is 1. The standard InChI is InChI=1S/C18H26N4OS2/c1-6-7-8-19-17-21-22-18(25-17)24-14(5)16(23)20-15-12(3)9-11(2)10-13(15)4/h9-10,14H,6-8H2,1-5H3,(H,19,21)(H,20,23). The summed E-state index contributed by atoms with van der Waals surface area (Å²) in [4.78, 5) is 12.5. The van der Waals surface area contributed by atoms with Gasteiger partial charge in [0, 0.05) is 12.2 Å². The fraction of sp³-hybridized carbons (Fsp3) is 0.500. The minimum absolute atomic E-state index is 0.0178. The minimum Gasteiger partial charge on any atom is -0.360 e. The first-order valence-corrected chi connectivity index (χ1v) is 10.2. The Hall–Kier alpha value is -1.60. The molecule has 25 heavy (non-hydrogen) atoms. The Morgan fingerprint density at radius 2 is 1.92 bits per heavy atom. The van der Waals surface area contributed by atoms with Crippen molar-refractivity contribution in [3.63, 3.8) is 0 Å². The van der Waals surface area contributed by atoms with Gasteiger partial charge in [-0.05, 0) is 45.2 Å². The van der Waals surface area contributed by atoms with Crippen LogP contribution in [0.1, 0.15) is 43.4 Å². The van der Waals surface area contributed by atoms with Crippen molar-refractivity contribution in [2.45, 2.75) is 57.0 Å². The summed E-state index contributed by atoms with van der Waals surface area (Å²) in [5.41, 5.74) is 4.28. The molecule has 1 aromatic heterocycles. The van der Waals surface area contributed by atoms with Crippen LogP contribution in [0.4, 0.5) is 10.8 Å². The number of nitrogens with one attached hydrogen (secondary N) is 2. The Bertz CT molecular complexity index is 707. The van der Waals surface area contributed by atoms with Crippen LogP contribution >= 0.6 is 23.1 Å². The van der Waals surface area contributed by atoms with E-state index in [1.54, 1.807) is 0 Å². The fourth-order valence-electron chi connectivity index (χ4n) is 2.51. The highest BCUT2D eigenvalue weighted by molar-refractivity contribution is 8.02. The first-order valence-electron chi connectivity index (χ1n) is 8.53. The molecular weight excluding hydrogens is 352 g/mol. The van der Waals surface area contributed by atoms with Gasteiger partial charge in [0.25, 0.3) is 0 Å². The largest absolute Gasteiger partial charge is 0.360 e. The molecule has 1 aromatic carbocycles. The van der Waals surface area contributed by atoms with Crippen LogP contribution in [0, 0.1) is 20.8 Å². The normalized spacial score (nSPS) is 12.0. The Balaban J connectivity index is 1.94. The molecule has 0 bridgehead atoms. The SMILES string of the molecule is CCCCNc1nnc(SC(C)C(=O)Nc2c(C)cc(C)cc2C)s1. The Labute approximate surface area is 158 Å². The predicted octanol–water partition coefficient (Wildman–Crippen LogP) is 4.79. The van der Waals surface area contributed by atoms with E-state index in [0.717, 1.165) is 45.7 Å². The molecule has 0 saturated carbocycles. The molecular formula is C18H26N4OS2. The molecule has 136 valence electrons. The van der Waals surface area contributed by atoms with Gasteiger partial charge < -0.3 is 10.6 Å². The lowest BCUT2D eigenvalue weighted by molar-refractivity contribution is -0.115. The monoisotopic (exact) mass is 378 g/mol. The number of amides is 1. The second-order valence-corrected chi connectivity index (χ2v) is 8.74. The predicted molar refractivity (Wildman–Crippen MR) is 108 cm³/mol. The third-order valence-electron chi connectivity index (χ3n) is 3.79. The van der Waals surface area contributed by atoms with E-state index in [9.17, 15) is 4.79 Å². The van der Waals surface area contributed by atoms with E-state index in [0.29, 0.717) is 0 Å². The molecule has 1 heterocycles. The molecule has 0 aliphatic rings. The summed E-state index contributed by atoms with van der Waals surface area (Å²) < 4.78 is 0.805. The maximum atomic E-state index is 12.5. The zero-order valence-corrected chi connectivity index (χ0v) is 17.1. The summed E-state index contributed by atoms with van der Waals surface area (Å²) in [5, 5.41) is 15.2. The minimum atomic E-state index is -0.239. The highest BCUT2D eigenvalue weighted by Gasteiger charge is 2.18. The van der Waals surface area contributed by atoms with Crippen LogP contribution < -0.4 is 10.6 Å². The van der Waals surface area contributed by atoms with Gasteiger partial charge >= 0.3 is 0 Å². The zero-order valence-electron chi connectivity index (χ0n) is 15.5. The van der Waals surface area contributed by atoms with Gasteiger partial charge in [0.05, 0.1) is 5.25 Å². The van der Waals surface area contributed by atoms with E-state index < -0.39 is 0 Å². The second-order valence-electron chi connectivity index (χ2n) is 6.18. The molecule has 0 spiro atoms. The lowest BCUT2D eigenvalue weighted by Crippen LogP contribution is -2.23. The molecule has 0 aliphatic heterocycles. The van der Waals surface area contributed by atoms with Crippen molar-refractivity contribution in [2.75, 3.05) is 17.2 Å². The molecule has 1 unspecified atom stereocenters. The lowest BCUT2D eigenvalue weighted by atomic mass is 10.1. The smallest absolute Gasteiger partial charge is 0.237 e. The van der Waals surface area contributed by atoms with Gasteiger partial charge in [0.2, 0.25) is 11.0 Å². The molecule has 7 heteroatoms. The number of aryl methyl sites for hydroxylation is 3. The van der Waals surface area contributed by atoms with Gasteiger partial charge in [-0.2, -0.15) is 0 Å². The maximum Gasteiger partial charge on any atom is 0.237 e. The number of nitrogens with zero attached hydrogens (tertiary/aromatic N) is 2. The van der Waals surface area contributed by atoms with Crippen LogP contribution in [-0.2, 0) is 4.79 Å². The maximum absolute atomic E-state index is 12.5. The highest BCUT2D eigenvalue weighted by Crippen LogP contribution is 2.30. The van der Waals surface area contributed by atoms with Crippen LogP contribution in [0.3, 0.4) is 0 Å². The van der Waals surface area contributed by atoms with Gasteiger partial charge in [-0.3, -0.25) is 4.79 Å². The molecule has 0 fully saturated rings. The van der Waals surface area contributed by atoms with E-state index in [4.69, 9.17) is 0 Å². The Morgan fingerprint density at radius 1 is 1.24 bits per heavy atom. The van der Waals surface area contributed by atoms with E-state index >= 15 is 0 Å². The van der Waals surface area contributed by atoms with Crippen molar-refractivity contribution >= 4 is 39.8 Å². The van der Waals surface area contributed by atoms with Gasteiger partial charge in [0.1, 0.15) is 0 Å². The van der Waals surface area contributed by atoms with Crippen molar-refractivity contribution in [1.82, 2.24) is 10.2 Å². The third kappa shape index (κ3) is 5.71. The number of carbonyl (C=O) groups excluding carboxylic acids is 1. The van der Waals surface area contributed by atoms with Crippen molar-refractivity contribution in [2.24, 2.45) is 0 Å². The number of hydrogen-bond donors (Lipinski definition) is 2. The van der Waals surface area contributed by atoms with E-state index in [1.807, 2.05) is 20.8 Å². The average molecular weight is 379 g/mol. The van der Waals surface area contributed by atoms with Crippen molar-refractivity contribution in [3.8, 4) is 0 Å². The molecule has 2 rings (SSSR count). The summed E-state index contributed by atoms with van der Waals surface area (Å²) in [7, 11) is 0. The number of hydrogen-bond acceptors (Lipinski definition) is 6. The van der Waals surface area contributed by atoms with Crippen LogP contribution in [0.15, 0.2) is 16.5 Å². The summed E-state index contributed by atoms with van der Waals surface area (Å²) >= 11 is 2.93. The van der Waals surface area contributed by atoms with E-state index in [-0.39, 0.29) is 11.2 Å². The molecule has 0 aliphatic carbocycles. The van der Waals surface area contributed by atoms with Crippen LogP contribution in [0.5, 0.6) is 0 Å². The first-order chi connectivity index (χ1) is 11.9. The summed E-state index contributed by atoms with van der Waals surface area (Å²) in [6.45, 7) is 11.0. The molecule has 0 radical (unpaired) electrons. The molecule has 2 N–H and O–H groups in total. The van der Waals surface area contributed by atoms with E-state index in [1.165, 1.54) is 28.7 Å². The van der Waals surface area contributed by atoms with Crippen molar-refractivity contribution in [1.29, 1.82) is 0 Å². The molecule has 1 atom stereocenters. The first kappa shape index (κ1) is 19.7.